The van der Waals surface area contributed by atoms with Crippen molar-refractivity contribution in [2.75, 3.05) is 0 Å². The summed E-state index contributed by atoms with van der Waals surface area (Å²) in [6.07, 6.45) is 15.9. The van der Waals surface area contributed by atoms with Gasteiger partial charge in [-0.25, -0.2) is 0 Å². The van der Waals surface area contributed by atoms with Crippen LogP contribution in [0, 0.1) is 29.1 Å². The lowest BCUT2D eigenvalue weighted by atomic mass is 9.85. The van der Waals surface area contributed by atoms with E-state index in [0.717, 1.165) is 23.2 Å². The highest BCUT2D eigenvalue weighted by Gasteiger charge is 2.61. The molecule has 0 aliphatic heterocycles. The number of fused-ring (bicyclic) bond motifs is 2. The van der Waals surface area contributed by atoms with E-state index in [4.69, 9.17) is 0 Å². The van der Waals surface area contributed by atoms with Gasteiger partial charge in [-0.3, -0.25) is 0 Å². The second-order valence-electron chi connectivity index (χ2n) is 7.13. The third-order valence-electron chi connectivity index (χ3n) is 6.26. The largest absolute Gasteiger partial charge is 0.0528 e. The average molecular weight is 204 g/mol. The Bertz CT molecular complexity index is 263. The number of hydrogen-bond donors (Lipinski definition) is 0. The molecular weight excluding hydrogens is 180 g/mol. The van der Waals surface area contributed by atoms with Crippen molar-refractivity contribution in [2.45, 2.75) is 64.2 Å². The molecule has 4 unspecified atom stereocenters. The van der Waals surface area contributed by atoms with E-state index in [9.17, 15) is 0 Å². The van der Waals surface area contributed by atoms with Gasteiger partial charge in [0, 0.05) is 0 Å². The van der Waals surface area contributed by atoms with E-state index in [1.54, 1.807) is 64.2 Å². The van der Waals surface area contributed by atoms with Gasteiger partial charge in [-0.1, -0.05) is 19.3 Å². The van der Waals surface area contributed by atoms with Gasteiger partial charge < -0.3 is 0 Å². The Morgan fingerprint density at radius 1 is 1.00 bits per heavy atom. The number of rotatable bonds is 3. The first-order chi connectivity index (χ1) is 7.36. The summed E-state index contributed by atoms with van der Waals surface area (Å²) < 4.78 is 0. The van der Waals surface area contributed by atoms with Crippen molar-refractivity contribution in [3.8, 4) is 0 Å². The minimum atomic E-state index is 0.966. The van der Waals surface area contributed by atoms with Crippen LogP contribution in [0.25, 0.3) is 0 Å². The van der Waals surface area contributed by atoms with Crippen LogP contribution in [0.4, 0.5) is 0 Å². The molecule has 0 heterocycles. The van der Waals surface area contributed by atoms with E-state index < -0.39 is 0 Å². The third kappa shape index (κ3) is 1.47. The topological polar surface area (TPSA) is 0 Å². The van der Waals surface area contributed by atoms with Crippen LogP contribution < -0.4 is 0 Å². The smallest absolute Gasteiger partial charge is 0.0266 e. The van der Waals surface area contributed by atoms with Crippen LogP contribution in [0.15, 0.2) is 0 Å². The van der Waals surface area contributed by atoms with E-state index >= 15 is 0 Å². The lowest BCUT2D eigenvalue weighted by molar-refractivity contribution is 0.307. The van der Waals surface area contributed by atoms with E-state index in [-0.39, 0.29) is 0 Å². The molecule has 4 aliphatic carbocycles. The first kappa shape index (κ1) is 9.07. The third-order valence-corrected chi connectivity index (χ3v) is 6.26. The lowest BCUT2D eigenvalue weighted by Crippen LogP contribution is -2.09. The molecule has 0 N–H and O–H groups in total. The highest BCUT2D eigenvalue weighted by atomic mass is 14.7. The maximum absolute atomic E-state index is 1.62. The summed E-state index contributed by atoms with van der Waals surface area (Å²) in [4.78, 5) is 0. The lowest BCUT2D eigenvalue weighted by Gasteiger charge is -2.20. The van der Waals surface area contributed by atoms with Crippen molar-refractivity contribution in [1.29, 1.82) is 0 Å². The highest BCUT2D eigenvalue weighted by Crippen LogP contribution is 2.72. The van der Waals surface area contributed by atoms with Crippen molar-refractivity contribution in [3.05, 3.63) is 0 Å². The predicted octanol–water partition coefficient (Wildman–Crippen LogP) is 4.39. The predicted molar refractivity (Wildman–Crippen MR) is 62.6 cm³/mol. The first-order valence-corrected chi connectivity index (χ1v) is 7.36. The first-order valence-electron chi connectivity index (χ1n) is 7.36. The molecule has 0 aromatic rings. The molecule has 2 bridgehead atoms. The fourth-order valence-corrected chi connectivity index (χ4v) is 4.98. The van der Waals surface area contributed by atoms with E-state index in [2.05, 4.69) is 0 Å². The second-order valence-corrected chi connectivity index (χ2v) is 7.13. The molecule has 1 spiro atoms. The molecule has 0 aromatic heterocycles. The van der Waals surface area contributed by atoms with Gasteiger partial charge in [0.25, 0.3) is 0 Å². The molecule has 4 fully saturated rings. The van der Waals surface area contributed by atoms with E-state index in [0.29, 0.717) is 0 Å². The molecule has 0 nitrogen and oxygen atoms in total. The van der Waals surface area contributed by atoms with Crippen molar-refractivity contribution in [3.63, 3.8) is 0 Å². The molecule has 4 atom stereocenters. The zero-order valence-corrected chi connectivity index (χ0v) is 9.88. The summed E-state index contributed by atoms with van der Waals surface area (Å²) in [5, 5.41) is 0. The minimum absolute atomic E-state index is 0.966. The van der Waals surface area contributed by atoms with Crippen molar-refractivity contribution in [2.24, 2.45) is 29.1 Å². The Labute approximate surface area is 93.8 Å². The van der Waals surface area contributed by atoms with Crippen LogP contribution in [-0.2, 0) is 0 Å². The Morgan fingerprint density at radius 2 is 1.93 bits per heavy atom. The van der Waals surface area contributed by atoms with Crippen molar-refractivity contribution in [1.82, 2.24) is 0 Å². The SMILES string of the molecule is C1CC2CC(C1)C(CCC1CC13CC3)C2. The molecule has 4 saturated carbocycles. The Hall–Kier alpha value is 0. The standard InChI is InChI=1S/C15H24/c1-2-11-8-12(3-1)13(9-11)4-5-14-10-15(14)6-7-15/h11-14H,1-10H2. The molecular formula is C15H24. The summed E-state index contributed by atoms with van der Waals surface area (Å²) in [6.45, 7) is 0. The van der Waals surface area contributed by atoms with Gasteiger partial charge in [-0.15, -0.1) is 0 Å². The molecule has 15 heavy (non-hydrogen) atoms. The fraction of sp³-hybridized carbons (Fsp3) is 1.00. The van der Waals surface area contributed by atoms with Gasteiger partial charge in [-0.2, -0.15) is 0 Å². The fourth-order valence-electron chi connectivity index (χ4n) is 4.98. The summed E-state index contributed by atoms with van der Waals surface area (Å²) >= 11 is 0. The molecule has 0 radical (unpaired) electrons. The van der Waals surface area contributed by atoms with Gasteiger partial charge >= 0.3 is 0 Å². The maximum Gasteiger partial charge on any atom is -0.0266 e. The van der Waals surface area contributed by atoms with Crippen LogP contribution in [0.3, 0.4) is 0 Å². The molecule has 0 saturated heterocycles. The maximum atomic E-state index is 1.62. The molecule has 0 heteroatoms. The summed E-state index contributed by atoms with van der Waals surface area (Å²) in [5.74, 6) is 4.67. The Morgan fingerprint density at radius 3 is 2.67 bits per heavy atom. The van der Waals surface area contributed by atoms with Gasteiger partial charge in [-0.05, 0) is 74.0 Å². The van der Waals surface area contributed by atoms with Crippen LogP contribution in [-0.4, -0.2) is 0 Å². The van der Waals surface area contributed by atoms with Gasteiger partial charge in [0.1, 0.15) is 0 Å². The van der Waals surface area contributed by atoms with E-state index in [1.807, 2.05) is 0 Å². The number of hydrogen-bond acceptors (Lipinski definition) is 0. The van der Waals surface area contributed by atoms with Crippen molar-refractivity contribution >= 4 is 0 Å². The molecule has 4 aliphatic rings. The van der Waals surface area contributed by atoms with Gasteiger partial charge in [0.05, 0.1) is 0 Å². The minimum Gasteiger partial charge on any atom is -0.0528 e. The normalized spacial score (nSPS) is 49.6. The zero-order chi connectivity index (χ0) is 9.88. The van der Waals surface area contributed by atoms with E-state index in [1.165, 1.54) is 5.92 Å². The molecule has 0 amide bonds. The van der Waals surface area contributed by atoms with Crippen LogP contribution in [0.5, 0.6) is 0 Å². The summed E-state index contributed by atoms with van der Waals surface area (Å²) in [6, 6.07) is 0. The Balaban J connectivity index is 1.31. The second kappa shape index (κ2) is 3.02. The summed E-state index contributed by atoms with van der Waals surface area (Å²) in [5.41, 5.74) is 0.966. The van der Waals surface area contributed by atoms with Crippen LogP contribution in [0.2, 0.25) is 0 Å². The summed E-state index contributed by atoms with van der Waals surface area (Å²) in [7, 11) is 0. The Kier molecular flexibility index (Phi) is 1.83. The molecule has 84 valence electrons. The molecule has 0 aromatic carbocycles. The van der Waals surface area contributed by atoms with Crippen molar-refractivity contribution < 1.29 is 0 Å². The van der Waals surface area contributed by atoms with Gasteiger partial charge in [0.2, 0.25) is 0 Å². The molecule has 4 rings (SSSR count). The zero-order valence-electron chi connectivity index (χ0n) is 9.88. The average Bonchev–Trinajstić information content (AvgIpc) is 3.14. The quantitative estimate of drug-likeness (QED) is 0.639. The van der Waals surface area contributed by atoms with Crippen LogP contribution in [0.1, 0.15) is 64.2 Å². The monoisotopic (exact) mass is 204 g/mol. The van der Waals surface area contributed by atoms with Gasteiger partial charge in [0.15, 0.2) is 0 Å². The van der Waals surface area contributed by atoms with Crippen LogP contribution >= 0.6 is 0 Å². The highest BCUT2D eigenvalue weighted by molar-refractivity contribution is 5.12.